The largest absolute Gasteiger partial charge is 0.489 e. The first kappa shape index (κ1) is 20.9. The number of nitrogens with zero attached hydrogens (tertiary/aromatic N) is 1. The van der Waals surface area contributed by atoms with Crippen LogP contribution in [0.1, 0.15) is 16.5 Å². The van der Waals surface area contributed by atoms with Crippen LogP contribution < -0.4 is 10.1 Å². The summed E-state index contributed by atoms with van der Waals surface area (Å²) < 4.78 is 6.11. The summed E-state index contributed by atoms with van der Waals surface area (Å²) in [5.41, 5.74) is 2.49. The van der Waals surface area contributed by atoms with Crippen LogP contribution in [0.3, 0.4) is 0 Å². The maximum absolute atomic E-state index is 13.0. The van der Waals surface area contributed by atoms with Gasteiger partial charge in [-0.2, -0.15) is 0 Å². The summed E-state index contributed by atoms with van der Waals surface area (Å²) in [4.78, 5) is 14.8. The summed E-state index contributed by atoms with van der Waals surface area (Å²) >= 11 is 14.1. The van der Waals surface area contributed by atoms with E-state index in [0.717, 1.165) is 22.6 Å². The number of amides is 2. The molecule has 1 atom stereocenters. The summed E-state index contributed by atoms with van der Waals surface area (Å²) in [6, 6.07) is 22.8. The summed E-state index contributed by atoms with van der Waals surface area (Å²) in [5.74, 6) is 1.61. The van der Waals surface area contributed by atoms with E-state index in [-0.39, 0.29) is 11.4 Å². The van der Waals surface area contributed by atoms with Gasteiger partial charge in [-0.1, -0.05) is 77.8 Å². The lowest BCUT2D eigenvalue weighted by Gasteiger charge is -2.26. The van der Waals surface area contributed by atoms with E-state index in [4.69, 9.17) is 27.9 Å². The standard InChI is InChI=1S/C23H20Cl2N2O2S/c24-18-10-6-11-19(25)21(18)26-23(28)27-13-14-30-22(27)17-9-4-5-12-20(17)29-15-16-7-2-1-3-8-16/h1-12,22H,13-15H2,(H,26,28). The number of nitrogens with one attached hydrogen (secondary N) is 1. The van der Waals surface area contributed by atoms with E-state index in [9.17, 15) is 4.79 Å². The monoisotopic (exact) mass is 458 g/mol. The topological polar surface area (TPSA) is 41.6 Å². The van der Waals surface area contributed by atoms with E-state index in [1.165, 1.54) is 0 Å². The summed E-state index contributed by atoms with van der Waals surface area (Å²) in [5, 5.41) is 3.53. The zero-order valence-electron chi connectivity index (χ0n) is 16.1. The SMILES string of the molecule is O=C(Nc1c(Cl)cccc1Cl)N1CCSC1c1ccccc1OCc1ccccc1. The average Bonchev–Trinajstić information content (AvgIpc) is 3.26. The van der Waals surface area contributed by atoms with Crippen molar-refractivity contribution in [3.05, 3.63) is 94.0 Å². The van der Waals surface area contributed by atoms with Gasteiger partial charge in [-0.05, 0) is 23.8 Å². The van der Waals surface area contributed by atoms with Crippen LogP contribution in [0.25, 0.3) is 0 Å². The van der Waals surface area contributed by atoms with Crippen molar-refractivity contribution in [1.29, 1.82) is 0 Å². The molecule has 1 aliphatic rings. The van der Waals surface area contributed by atoms with Crippen molar-refractivity contribution in [2.24, 2.45) is 0 Å². The summed E-state index contributed by atoms with van der Waals surface area (Å²) in [7, 11) is 0. The Kier molecular flexibility index (Phi) is 6.72. The highest BCUT2D eigenvalue weighted by molar-refractivity contribution is 7.99. The molecular weight excluding hydrogens is 439 g/mol. The molecule has 30 heavy (non-hydrogen) atoms. The second-order valence-corrected chi connectivity index (χ2v) is 8.76. The van der Waals surface area contributed by atoms with E-state index >= 15 is 0 Å². The number of halogens is 2. The molecule has 0 aliphatic carbocycles. The third kappa shape index (κ3) is 4.69. The fraction of sp³-hybridized carbons (Fsp3) is 0.174. The molecule has 0 radical (unpaired) electrons. The van der Waals surface area contributed by atoms with Crippen LogP contribution in [0.2, 0.25) is 10.0 Å². The van der Waals surface area contributed by atoms with Gasteiger partial charge in [-0.15, -0.1) is 11.8 Å². The Labute approximate surface area is 190 Å². The van der Waals surface area contributed by atoms with Crippen molar-refractivity contribution < 1.29 is 9.53 Å². The molecule has 1 heterocycles. The molecule has 3 aromatic carbocycles. The van der Waals surface area contributed by atoms with Crippen LogP contribution in [0.4, 0.5) is 10.5 Å². The number of urea groups is 1. The molecule has 0 saturated carbocycles. The van der Waals surface area contributed by atoms with Crippen LogP contribution >= 0.6 is 35.0 Å². The fourth-order valence-corrected chi connectivity index (χ4v) is 5.06. The Morgan fingerprint density at radius 1 is 1.00 bits per heavy atom. The molecule has 2 amide bonds. The first-order valence-corrected chi connectivity index (χ1v) is 11.3. The first-order chi connectivity index (χ1) is 14.6. The van der Waals surface area contributed by atoms with Crippen LogP contribution in [-0.4, -0.2) is 23.2 Å². The summed E-state index contributed by atoms with van der Waals surface area (Å²) in [6.45, 7) is 1.09. The number of hydrogen-bond acceptors (Lipinski definition) is 3. The number of benzene rings is 3. The Bertz CT molecular complexity index is 1010. The van der Waals surface area contributed by atoms with Crippen LogP contribution in [0, 0.1) is 0 Å². The Morgan fingerprint density at radius 2 is 1.70 bits per heavy atom. The van der Waals surface area contributed by atoms with Crippen molar-refractivity contribution in [2.45, 2.75) is 12.0 Å². The van der Waals surface area contributed by atoms with Crippen molar-refractivity contribution in [2.75, 3.05) is 17.6 Å². The normalized spacial score (nSPS) is 15.8. The third-order valence-corrected chi connectivity index (χ3v) is 6.64. The van der Waals surface area contributed by atoms with Crippen LogP contribution in [0.5, 0.6) is 5.75 Å². The maximum Gasteiger partial charge on any atom is 0.323 e. The molecule has 1 N–H and O–H groups in total. The number of hydrogen-bond donors (Lipinski definition) is 1. The van der Waals surface area contributed by atoms with Crippen molar-refractivity contribution in [3.8, 4) is 5.75 Å². The highest BCUT2D eigenvalue weighted by Crippen LogP contribution is 2.42. The highest BCUT2D eigenvalue weighted by Gasteiger charge is 2.33. The Morgan fingerprint density at radius 3 is 2.47 bits per heavy atom. The van der Waals surface area contributed by atoms with Gasteiger partial charge in [0.25, 0.3) is 0 Å². The van der Waals surface area contributed by atoms with Gasteiger partial charge in [0.05, 0.1) is 15.7 Å². The number of rotatable bonds is 5. The lowest BCUT2D eigenvalue weighted by Crippen LogP contribution is -2.34. The lowest BCUT2D eigenvalue weighted by atomic mass is 10.1. The minimum Gasteiger partial charge on any atom is -0.489 e. The zero-order chi connectivity index (χ0) is 20.9. The lowest BCUT2D eigenvalue weighted by molar-refractivity contribution is 0.213. The van der Waals surface area contributed by atoms with Gasteiger partial charge in [0, 0.05) is 17.9 Å². The highest BCUT2D eigenvalue weighted by atomic mass is 35.5. The van der Waals surface area contributed by atoms with Gasteiger partial charge < -0.3 is 15.0 Å². The van der Waals surface area contributed by atoms with Gasteiger partial charge in [0.15, 0.2) is 0 Å². The third-order valence-electron chi connectivity index (χ3n) is 4.77. The number of ether oxygens (including phenoxy) is 1. The second-order valence-electron chi connectivity index (χ2n) is 6.76. The maximum atomic E-state index is 13.0. The Hall–Kier alpha value is -2.34. The molecule has 0 spiro atoms. The predicted octanol–water partition coefficient (Wildman–Crippen LogP) is 6.85. The predicted molar refractivity (Wildman–Crippen MR) is 125 cm³/mol. The molecule has 4 nitrogen and oxygen atoms in total. The van der Waals surface area contributed by atoms with Crippen molar-refractivity contribution >= 4 is 46.7 Å². The van der Waals surface area contributed by atoms with E-state index in [1.807, 2.05) is 54.6 Å². The van der Waals surface area contributed by atoms with Gasteiger partial charge in [0.1, 0.15) is 17.7 Å². The van der Waals surface area contributed by atoms with Gasteiger partial charge in [-0.25, -0.2) is 4.79 Å². The molecule has 4 rings (SSSR count). The molecule has 0 aromatic heterocycles. The molecule has 1 unspecified atom stereocenters. The number of anilines is 1. The number of para-hydroxylation sites is 2. The van der Waals surface area contributed by atoms with Crippen LogP contribution in [-0.2, 0) is 6.61 Å². The summed E-state index contributed by atoms with van der Waals surface area (Å²) in [6.07, 6.45) is 0. The van der Waals surface area contributed by atoms with E-state index in [0.29, 0.717) is 28.9 Å². The smallest absolute Gasteiger partial charge is 0.323 e. The van der Waals surface area contributed by atoms with Gasteiger partial charge in [-0.3, -0.25) is 0 Å². The number of carbonyl (C=O) groups is 1. The van der Waals surface area contributed by atoms with Gasteiger partial charge >= 0.3 is 6.03 Å². The van der Waals surface area contributed by atoms with E-state index in [1.54, 1.807) is 34.9 Å². The number of thioether (sulfide) groups is 1. The molecule has 0 bridgehead atoms. The Balaban J connectivity index is 1.53. The van der Waals surface area contributed by atoms with Crippen molar-refractivity contribution in [1.82, 2.24) is 4.90 Å². The average molecular weight is 459 g/mol. The minimum atomic E-state index is -0.238. The zero-order valence-corrected chi connectivity index (χ0v) is 18.4. The molecule has 154 valence electrons. The molecule has 1 saturated heterocycles. The second kappa shape index (κ2) is 9.65. The first-order valence-electron chi connectivity index (χ1n) is 9.52. The van der Waals surface area contributed by atoms with Crippen molar-refractivity contribution in [3.63, 3.8) is 0 Å². The van der Waals surface area contributed by atoms with Crippen LogP contribution in [0.15, 0.2) is 72.8 Å². The number of carbonyl (C=O) groups excluding carboxylic acids is 1. The molecular formula is C23H20Cl2N2O2S. The minimum absolute atomic E-state index is 0.154. The van der Waals surface area contributed by atoms with E-state index in [2.05, 4.69) is 5.32 Å². The molecule has 3 aromatic rings. The quantitative estimate of drug-likeness (QED) is 0.454. The molecule has 7 heteroatoms. The van der Waals surface area contributed by atoms with Gasteiger partial charge in [0.2, 0.25) is 0 Å². The molecule has 1 aliphatic heterocycles. The molecule has 1 fully saturated rings. The fourth-order valence-electron chi connectivity index (χ4n) is 3.28. The van der Waals surface area contributed by atoms with E-state index < -0.39 is 0 Å².